The van der Waals surface area contributed by atoms with Gasteiger partial charge in [-0.25, -0.2) is 9.59 Å². The second-order valence-corrected chi connectivity index (χ2v) is 8.35. The van der Waals surface area contributed by atoms with Crippen LogP contribution in [0.3, 0.4) is 0 Å². The van der Waals surface area contributed by atoms with Gasteiger partial charge in [-0.2, -0.15) is 10.3 Å². The molecule has 0 N–H and O–H groups in total. The summed E-state index contributed by atoms with van der Waals surface area (Å²) in [4.78, 5) is 23.4. The van der Waals surface area contributed by atoms with Gasteiger partial charge in [0, 0.05) is 0 Å². The first-order valence-electron chi connectivity index (χ1n) is 12.2. The van der Waals surface area contributed by atoms with Crippen molar-refractivity contribution >= 4 is 68.3 Å². The van der Waals surface area contributed by atoms with Crippen molar-refractivity contribution in [1.82, 2.24) is 9.13 Å². The Morgan fingerprint density at radius 2 is 0.884 bits per heavy atom. The Kier molecular flexibility index (Phi) is 14.8. The van der Waals surface area contributed by atoms with E-state index in [0.29, 0.717) is 11.2 Å². The number of isothiocyanates is 2. The van der Waals surface area contributed by atoms with Crippen molar-refractivity contribution in [2.24, 2.45) is 0 Å². The second kappa shape index (κ2) is 18.5. The van der Waals surface area contributed by atoms with Crippen molar-refractivity contribution in [2.75, 3.05) is 0 Å². The molecule has 10 nitrogen and oxygen atoms in total. The van der Waals surface area contributed by atoms with E-state index in [-0.39, 0.29) is 41.9 Å². The predicted octanol–water partition coefficient (Wildman–Crippen LogP) is 7.83. The van der Waals surface area contributed by atoms with Gasteiger partial charge in [0.2, 0.25) is 0 Å². The number of hydrogen-bond donors (Lipinski definition) is 0. The maximum atomic E-state index is 11.7. The average Bonchev–Trinajstić information content (AvgIpc) is 3.51. The van der Waals surface area contributed by atoms with Crippen LogP contribution in [0.25, 0.3) is 43.7 Å². The normalized spacial score (nSPS) is 9.30. The van der Waals surface area contributed by atoms with Crippen LogP contribution < -0.4 is 11.5 Å². The number of para-hydroxylation sites is 6. The molecule has 0 atom stereocenters. The van der Waals surface area contributed by atoms with Gasteiger partial charge in [0.25, 0.3) is 0 Å². The number of nitrogens with zero attached hydrogens (tertiary/aromatic N) is 6. The van der Waals surface area contributed by atoms with Crippen LogP contribution in [0.15, 0.2) is 128 Å². The van der Waals surface area contributed by atoms with Crippen LogP contribution >= 0.6 is 24.4 Å². The first-order valence-corrected chi connectivity index (χ1v) is 13.0. The van der Waals surface area contributed by atoms with Crippen LogP contribution in [0.4, 0.5) is 11.4 Å². The van der Waals surface area contributed by atoms with Crippen LogP contribution in [0.2, 0.25) is 0 Å². The third-order valence-electron chi connectivity index (χ3n) is 5.45. The summed E-state index contributed by atoms with van der Waals surface area (Å²) >= 11 is 7.40. The molecule has 216 valence electrons. The molecule has 0 fully saturated rings. The molecule has 0 amide bonds. The zero-order valence-electron chi connectivity index (χ0n) is 22.3. The minimum absolute atomic E-state index is 0. The quantitative estimate of drug-likeness (QED) is 0.102. The summed E-state index contributed by atoms with van der Waals surface area (Å²) in [5.74, 6) is -0.758. The fraction of sp³-hybridized carbons (Fsp3) is 0.0667. The molecule has 0 unspecified atom stereocenters. The Hall–Kier alpha value is -4.86. The number of oxazole rings is 2. The van der Waals surface area contributed by atoms with Crippen LogP contribution in [-0.4, -0.2) is 19.5 Å². The van der Waals surface area contributed by atoms with E-state index in [9.17, 15) is 9.59 Å². The van der Waals surface area contributed by atoms with E-state index >= 15 is 0 Å². The SMILES string of the molecule is O=c1oc2ccccc2n1C[N-]c1ccccc1.O=c1oc2ccccc2n1C[N-]c1ccccc1.[Fe+4].[N-]=C=S.[N-]=C=S. The first kappa shape index (κ1) is 34.3. The Balaban J connectivity index is 0.000000249. The smallest absolute Gasteiger partial charge is 0.753 e. The molecule has 0 aliphatic heterocycles. The molecule has 2 aromatic heterocycles. The maximum Gasteiger partial charge on any atom is 4.00 e. The maximum absolute atomic E-state index is 11.7. The van der Waals surface area contributed by atoms with Gasteiger partial charge in [0.1, 0.15) is 0 Å². The fourth-order valence-corrected chi connectivity index (χ4v) is 3.67. The zero-order valence-corrected chi connectivity index (χ0v) is 25.0. The van der Waals surface area contributed by atoms with Crippen molar-refractivity contribution in [1.29, 1.82) is 0 Å². The summed E-state index contributed by atoms with van der Waals surface area (Å²) in [7, 11) is 0. The molecule has 0 saturated heterocycles. The van der Waals surface area contributed by atoms with Gasteiger partial charge in [-0.05, 0) is 37.6 Å². The molecule has 0 aliphatic rings. The van der Waals surface area contributed by atoms with Crippen LogP contribution in [0, 0.1) is 0 Å². The minimum Gasteiger partial charge on any atom is -0.753 e. The van der Waals surface area contributed by atoms with E-state index in [1.807, 2.05) is 97.1 Å². The monoisotopic (exact) mass is 650 g/mol. The van der Waals surface area contributed by atoms with Gasteiger partial charge >= 0.3 is 28.6 Å². The molecule has 43 heavy (non-hydrogen) atoms. The third kappa shape index (κ3) is 10.2. The average molecular weight is 651 g/mol. The Morgan fingerprint density at radius 3 is 1.23 bits per heavy atom. The zero-order chi connectivity index (χ0) is 30.2. The van der Waals surface area contributed by atoms with Gasteiger partial charge in [-0.15, -0.1) is 11.4 Å². The van der Waals surface area contributed by atoms with Gasteiger partial charge in [-0.3, -0.25) is 9.13 Å². The topological polar surface area (TPSA) is 143 Å². The number of rotatable bonds is 6. The summed E-state index contributed by atoms with van der Waals surface area (Å²) in [6.07, 6.45) is 0. The second-order valence-electron chi connectivity index (χ2n) is 7.98. The summed E-state index contributed by atoms with van der Waals surface area (Å²) in [5.41, 5.74) is 4.39. The molecule has 6 rings (SSSR count). The molecule has 0 aliphatic carbocycles. The Morgan fingerprint density at radius 1 is 0.581 bits per heavy atom. The van der Waals surface area contributed by atoms with Crippen molar-refractivity contribution in [2.45, 2.75) is 13.3 Å². The van der Waals surface area contributed by atoms with Gasteiger partial charge in [0.15, 0.2) is 11.2 Å². The first-order chi connectivity index (χ1) is 20.5. The van der Waals surface area contributed by atoms with Gasteiger partial charge in [-0.1, -0.05) is 109 Å². The third-order valence-corrected chi connectivity index (χ3v) is 5.45. The Labute approximate surface area is 267 Å². The molecule has 4 aromatic carbocycles. The molecular formula is C30H22FeN6O4S2. The van der Waals surface area contributed by atoms with Crippen molar-refractivity contribution in [3.63, 3.8) is 0 Å². The van der Waals surface area contributed by atoms with Crippen molar-refractivity contribution in [3.05, 3.63) is 152 Å². The molecule has 2 heterocycles. The summed E-state index contributed by atoms with van der Waals surface area (Å²) < 4.78 is 13.3. The van der Waals surface area contributed by atoms with E-state index in [2.05, 4.69) is 35.1 Å². The van der Waals surface area contributed by atoms with Crippen LogP contribution in [0.5, 0.6) is 0 Å². The van der Waals surface area contributed by atoms with E-state index in [4.69, 9.17) is 19.7 Å². The summed E-state index contributed by atoms with van der Waals surface area (Å²) in [6, 6.07) is 33.7. The summed E-state index contributed by atoms with van der Waals surface area (Å²) in [6.45, 7) is 0.527. The van der Waals surface area contributed by atoms with Gasteiger partial charge < -0.3 is 30.3 Å². The number of benzene rings is 4. The van der Waals surface area contributed by atoms with E-state index in [1.54, 1.807) is 12.1 Å². The van der Waals surface area contributed by atoms with E-state index in [1.165, 1.54) is 19.5 Å². The number of fused-ring (bicyclic) bond motifs is 2. The number of thiocarbonyl (C=S) groups is 2. The molecular weight excluding hydrogens is 628 g/mol. The summed E-state index contributed by atoms with van der Waals surface area (Å²) in [5, 5.41) is 25.7. The number of aromatic nitrogens is 2. The van der Waals surface area contributed by atoms with E-state index < -0.39 is 0 Å². The number of hydrogen-bond acceptors (Lipinski definition) is 6. The van der Waals surface area contributed by atoms with Crippen molar-refractivity contribution in [3.8, 4) is 0 Å². The van der Waals surface area contributed by atoms with E-state index in [0.717, 1.165) is 22.4 Å². The van der Waals surface area contributed by atoms with Gasteiger partial charge in [0.05, 0.1) is 11.0 Å². The largest absolute Gasteiger partial charge is 4.00 e. The molecule has 0 spiro atoms. The standard InChI is InChI=1S/2C14H11N2O2.2CNS.Fe/c2*17-14-16(10-15-11-6-2-1-3-7-11)12-8-4-5-9-13(12)18-14;2*2-1-3;/h2*1-9H,10H2;;;/q4*-1;+4. The molecule has 0 radical (unpaired) electrons. The molecule has 0 saturated carbocycles. The molecule has 13 heteroatoms. The Bertz CT molecular complexity index is 1750. The molecule has 0 bridgehead atoms. The predicted molar refractivity (Wildman–Crippen MR) is 172 cm³/mol. The van der Waals surface area contributed by atoms with Crippen LogP contribution in [-0.2, 0) is 30.4 Å². The van der Waals surface area contributed by atoms with Crippen LogP contribution in [0.1, 0.15) is 0 Å². The molecule has 6 aromatic rings. The van der Waals surface area contributed by atoms with Crippen molar-refractivity contribution < 1.29 is 25.9 Å². The fourth-order valence-electron chi connectivity index (χ4n) is 3.67. The minimum atomic E-state index is -0.379.